The third-order valence-electron chi connectivity index (χ3n) is 3.96. The Kier molecular flexibility index (Phi) is 7.48. The molecule has 0 bridgehead atoms. The molecule has 0 spiro atoms. The summed E-state index contributed by atoms with van der Waals surface area (Å²) in [6.45, 7) is 9.25. The van der Waals surface area contributed by atoms with Crippen LogP contribution in [0.15, 0.2) is 0 Å². The van der Waals surface area contributed by atoms with E-state index < -0.39 is 0 Å². The fourth-order valence-electron chi connectivity index (χ4n) is 2.69. The first-order valence-corrected chi connectivity index (χ1v) is 7.82. The number of β-amino-alcohol motifs (C(OH)–C–C–N with tert-alkyl or cyclic N) is 1. The second-order valence-electron chi connectivity index (χ2n) is 6.23. The molecule has 118 valence electrons. The lowest BCUT2D eigenvalue weighted by Crippen LogP contribution is -2.48. The predicted octanol–water partition coefficient (Wildman–Crippen LogP) is 0.678. The molecule has 0 saturated carbocycles. The number of likely N-dealkylation sites (tertiary alicyclic amines) is 1. The van der Waals surface area contributed by atoms with Gasteiger partial charge >= 0.3 is 0 Å². The summed E-state index contributed by atoms with van der Waals surface area (Å²) in [5, 5.41) is 12.6. The zero-order chi connectivity index (χ0) is 15.1. The Balaban J connectivity index is 2.28. The number of aliphatic hydroxyl groups is 1. The summed E-state index contributed by atoms with van der Waals surface area (Å²) in [4.78, 5) is 16.2. The van der Waals surface area contributed by atoms with Crippen LogP contribution in [0.25, 0.3) is 0 Å². The number of nitrogens with zero attached hydrogens (tertiary/aromatic N) is 2. The maximum absolute atomic E-state index is 11.8. The van der Waals surface area contributed by atoms with Crippen LogP contribution in [0, 0.1) is 0 Å². The number of amides is 1. The lowest BCUT2D eigenvalue weighted by molar-refractivity contribution is -0.123. The number of hydrogen-bond acceptors (Lipinski definition) is 4. The van der Waals surface area contributed by atoms with Gasteiger partial charge in [0, 0.05) is 18.6 Å². The van der Waals surface area contributed by atoms with Gasteiger partial charge in [0.1, 0.15) is 0 Å². The third kappa shape index (κ3) is 6.20. The molecule has 1 saturated heterocycles. The molecule has 0 aromatic rings. The molecule has 1 heterocycles. The van der Waals surface area contributed by atoms with E-state index in [0.717, 1.165) is 38.9 Å². The minimum Gasteiger partial charge on any atom is -0.392 e. The van der Waals surface area contributed by atoms with Crippen LogP contribution in [-0.4, -0.2) is 72.2 Å². The molecule has 2 N–H and O–H groups in total. The number of carbonyl (C=O) groups is 1. The van der Waals surface area contributed by atoms with Crippen molar-refractivity contribution in [1.82, 2.24) is 15.1 Å². The van der Waals surface area contributed by atoms with Crippen LogP contribution in [-0.2, 0) is 4.79 Å². The summed E-state index contributed by atoms with van der Waals surface area (Å²) in [6.07, 6.45) is 2.75. The van der Waals surface area contributed by atoms with E-state index in [9.17, 15) is 9.90 Å². The highest BCUT2D eigenvalue weighted by Crippen LogP contribution is 2.15. The van der Waals surface area contributed by atoms with Crippen molar-refractivity contribution in [2.45, 2.75) is 58.2 Å². The monoisotopic (exact) mass is 285 g/mol. The topological polar surface area (TPSA) is 55.8 Å². The molecule has 1 aliphatic heterocycles. The van der Waals surface area contributed by atoms with Crippen LogP contribution >= 0.6 is 0 Å². The lowest BCUT2D eigenvalue weighted by atomic mass is 10.0. The number of rotatable bonds is 7. The van der Waals surface area contributed by atoms with E-state index >= 15 is 0 Å². The first kappa shape index (κ1) is 17.4. The Hall–Kier alpha value is -0.650. The Labute approximate surface area is 123 Å². The predicted molar refractivity (Wildman–Crippen MR) is 81.7 cm³/mol. The minimum absolute atomic E-state index is 0.103. The second-order valence-corrected chi connectivity index (χ2v) is 6.23. The average Bonchev–Trinajstić information content (AvgIpc) is 2.38. The van der Waals surface area contributed by atoms with Gasteiger partial charge in [0.25, 0.3) is 0 Å². The molecule has 1 fully saturated rings. The zero-order valence-electron chi connectivity index (χ0n) is 13.4. The van der Waals surface area contributed by atoms with E-state index in [4.69, 9.17) is 0 Å². The minimum atomic E-state index is -0.207. The number of hydrogen-bond donors (Lipinski definition) is 2. The summed E-state index contributed by atoms with van der Waals surface area (Å²) in [5.74, 6) is 0.103. The highest BCUT2D eigenvalue weighted by molar-refractivity contribution is 5.78. The molecule has 0 aromatic carbocycles. The van der Waals surface area contributed by atoms with E-state index in [1.54, 1.807) is 0 Å². The highest BCUT2D eigenvalue weighted by atomic mass is 16.3. The van der Waals surface area contributed by atoms with Crippen molar-refractivity contribution in [2.24, 2.45) is 0 Å². The molecule has 1 rings (SSSR count). The van der Waals surface area contributed by atoms with E-state index in [0.29, 0.717) is 12.6 Å². The molecule has 1 amide bonds. The Morgan fingerprint density at radius 2 is 2.00 bits per heavy atom. The van der Waals surface area contributed by atoms with Crippen molar-refractivity contribution >= 4 is 5.91 Å². The van der Waals surface area contributed by atoms with Crippen molar-refractivity contribution in [2.75, 3.05) is 33.2 Å². The molecule has 5 nitrogen and oxygen atoms in total. The molecule has 0 unspecified atom stereocenters. The fourth-order valence-corrected chi connectivity index (χ4v) is 2.69. The van der Waals surface area contributed by atoms with Crippen LogP contribution in [0.3, 0.4) is 0 Å². The second kappa shape index (κ2) is 8.60. The van der Waals surface area contributed by atoms with Crippen molar-refractivity contribution in [3.8, 4) is 0 Å². The number of carbonyl (C=O) groups excluding carboxylic acids is 1. The van der Waals surface area contributed by atoms with Crippen molar-refractivity contribution in [3.63, 3.8) is 0 Å². The van der Waals surface area contributed by atoms with Gasteiger partial charge in [-0.05, 0) is 53.2 Å². The van der Waals surface area contributed by atoms with Gasteiger partial charge in [-0.2, -0.15) is 0 Å². The molecule has 20 heavy (non-hydrogen) atoms. The first-order chi connectivity index (χ1) is 9.42. The normalized spacial score (nSPS) is 19.6. The molecule has 1 atom stereocenters. The van der Waals surface area contributed by atoms with Crippen LogP contribution in [0.4, 0.5) is 0 Å². The maximum atomic E-state index is 11.8. The van der Waals surface area contributed by atoms with Gasteiger partial charge in [0.05, 0.1) is 12.6 Å². The van der Waals surface area contributed by atoms with Crippen molar-refractivity contribution in [3.05, 3.63) is 0 Å². The van der Waals surface area contributed by atoms with Gasteiger partial charge in [-0.3, -0.25) is 9.69 Å². The largest absolute Gasteiger partial charge is 0.392 e. The van der Waals surface area contributed by atoms with Crippen LogP contribution < -0.4 is 5.32 Å². The summed E-state index contributed by atoms with van der Waals surface area (Å²) in [7, 11) is 2.03. The molecule has 1 aliphatic rings. The van der Waals surface area contributed by atoms with Crippen molar-refractivity contribution in [1.29, 1.82) is 0 Å². The highest BCUT2D eigenvalue weighted by Gasteiger charge is 2.24. The standard InChI is InChI=1S/C15H31N3O2/c1-5-14(19)10-18-8-6-13(7-9-18)17(4)11-15(20)16-12(2)3/h12-14,19H,5-11H2,1-4H3,(H,16,20)/t14-/m1/s1. The van der Waals surface area contributed by atoms with Gasteiger partial charge in [-0.15, -0.1) is 0 Å². The van der Waals surface area contributed by atoms with Gasteiger partial charge < -0.3 is 15.3 Å². The molecule has 0 aromatic heterocycles. The summed E-state index contributed by atoms with van der Waals surface area (Å²) < 4.78 is 0. The maximum Gasteiger partial charge on any atom is 0.234 e. The van der Waals surface area contributed by atoms with Gasteiger partial charge in [-0.25, -0.2) is 0 Å². The Morgan fingerprint density at radius 1 is 1.40 bits per heavy atom. The first-order valence-electron chi connectivity index (χ1n) is 7.82. The van der Waals surface area contributed by atoms with Crippen LogP contribution in [0.1, 0.15) is 40.0 Å². The van der Waals surface area contributed by atoms with Gasteiger partial charge in [0.15, 0.2) is 0 Å². The number of likely N-dealkylation sites (N-methyl/N-ethyl adjacent to an activating group) is 1. The number of aliphatic hydroxyl groups excluding tert-OH is 1. The SMILES string of the molecule is CC[C@@H](O)CN1CCC(N(C)CC(=O)NC(C)C)CC1. The van der Waals surface area contributed by atoms with E-state index in [1.807, 2.05) is 27.8 Å². The molecule has 0 aliphatic carbocycles. The summed E-state index contributed by atoms with van der Waals surface area (Å²) in [6, 6.07) is 0.677. The van der Waals surface area contributed by atoms with Crippen LogP contribution in [0.5, 0.6) is 0 Å². The Bertz CT molecular complexity index is 289. The molecular formula is C15H31N3O2. The molecular weight excluding hydrogens is 254 g/mol. The smallest absolute Gasteiger partial charge is 0.234 e. The lowest BCUT2D eigenvalue weighted by Gasteiger charge is -2.37. The van der Waals surface area contributed by atoms with Crippen LogP contribution in [0.2, 0.25) is 0 Å². The Morgan fingerprint density at radius 3 is 2.50 bits per heavy atom. The van der Waals surface area contributed by atoms with E-state index in [2.05, 4.69) is 15.1 Å². The van der Waals surface area contributed by atoms with E-state index in [-0.39, 0.29) is 18.1 Å². The summed E-state index contributed by atoms with van der Waals surface area (Å²) in [5.41, 5.74) is 0. The third-order valence-corrected chi connectivity index (χ3v) is 3.96. The fraction of sp³-hybridized carbons (Fsp3) is 0.933. The molecule has 0 radical (unpaired) electrons. The molecule has 5 heteroatoms. The van der Waals surface area contributed by atoms with Gasteiger partial charge in [-0.1, -0.05) is 6.92 Å². The van der Waals surface area contributed by atoms with E-state index in [1.165, 1.54) is 0 Å². The van der Waals surface area contributed by atoms with Crippen molar-refractivity contribution < 1.29 is 9.90 Å². The quantitative estimate of drug-likeness (QED) is 0.722. The number of nitrogens with one attached hydrogen (secondary N) is 1. The summed E-state index contributed by atoms with van der Waals surface area (Å²) >= 11 is 0. The van der Waals surface area contributed by atoms with Gasteiger partial charge in [0.2, 0.25) is 5.91 Å². The number of piperidine rings is 1. The zero-order valence-corrected chi connectivity index (χ0v) is 13.4. The average molecular weight is 285 g/mol.